The predicted molar refractivity (Wildman–Crippen MR) is 92.9 cm³/mol. The fourth-order valence-corrected chi connectivity index (χ4v) is 5.39. The first-order chi connectivity index (χ1) is 11.4. The van der Waals surface area contributed by atoms with E-state index in [1.165, 1.54) is 0 Å². The lowest BCUT2D eigenvalue weighted by Gasteiger charge is -2.36. The maximum Gasteiger partial charge on any atom is 0.308 e. The zero-order valence-electron chi connectivity index (χ0n) is 14.0. The molecule has 1 aliphatic heterocycles. The Labute approximate surface area is 143 Å². The van der Waals surface area contributed by atoms with Crippen LogP contribution in [-0.2, 0) is 25.0 Å². The van der Waals surface area contributed by atoms with E-state index in [1.54, 1.807) is 6.08 Å². The molecule has 2 rings (SSSR count). The molecule has 0 aromatic heterocycles. The van der Waals surface area contributed by atoms with Gasteiger partial charge in [0.15, 0.2) is 0 Å². The highest BCUT2D eigenvalue weighted by Gasteiger charge is 2.57. The fraction of sp³-hybridized carbons (Fsp3) is 0.500. The summed E-state index contributed by atoms with van der Waals surface area (Å²) >= 11 is 0. The summed E-state index contributed by atoms with van der Waals surface area (Å²) in [6, 6.07) is 9.16. The molecule has 0 spiro atoms. The average molecular weight is 352 g/mol. The Morgan fingerprint density at radius 1 is 1.50 bits per heavy atom. The molecule has 3 unspecified atom stereocenters. The van der Waals surface area contributed by atoms with E-state index in [0.717, 1.165) is 5.56 Å². The van der Waals surface area contributed by atoms with Gasteiger partial charge in [0.25, 0.3) is 0 Å². The van der Waals surface area contributed by atoms with Gasteiger partial charge in [0, 0.05) is 6.42 Å². The average Bonchev–Trinajstić information content (AvgIpc) is 2.93. The first-order valence-electron chi connectivity index (χ1n) is 8.23. The molecule has 3 atom stereocenters. The fourth-order valence-electron chi connectivity index (χ4n) is 3.06. The van der Waals surface area contributed by atoms with Crippen molar-refractivity contribution in [2.45, 2.75) is 50.2 Å². The monoisotopic (exact) mass is 352 g/mol. The minimum atomic E-state index is -3.71. The van der Waals surface area contributed by atoms with Gasteiger partial charge in [-0.2, -0.15) is 0 Å². The Kier molecular flexibility index (Phi) is 6.39. The first kappa shape index (κ1) is 18.9. The quantitative estimate of drug-likeness (QED) is 0.437. The highest BCUT2D eigenvalue weighted by molar-refractivity contribution is 7.59. The van der Waals surface area contributed by atoms with Crippen LogP contribution in [0.4, 0.5) is 0 Å². The third-order valence-corrected chi connectivity index (χ3v) is 7.17. The van der Waals surface area contributed by atoms with Crippen molar-refractivity contribution in [2.24, 2.45) is 0 Å². The summed E-state index contributed by atoms with van der Waals surface area (Å²) in [5.74, 6) is -0.405. The molecule has 1 fully saturated rings. The second-order valence-electron chi connectivity index (χ2n) is 6.13. The Morgan fingerprint density at radius 2 is 2.21 bits per heavy atom. The minimum absolute atomic E-state index is 0.0207. The van der Waals surface area contributed by atoms with Gasteiger partial charge in [-0.1, -0.05) is 43.3 Å². The van der Waals surface area contributed by atoms with Crippen LogP contribution in [0.25, 0.3) is 0 Å². The van der Waals surface area contributed by atoms with Crippen LogP contribution in [0.1, 0.15) is 38.2 Å². The van der Waals surface area contributed by atoms with Crippen molar-refractivity contribution in [3.05, 3.63) is 48.6 Å². The van der Waals surface area contributed by atoms with Crippen molar-refractivity contribution >= 4 is 13.3 Å². The van der Waals surface area contributed by atoms with Crippen LogP contribution in [-0.4, -0.2) is 28.9 Å². The molecular weight excluding hydrogens is 327 g/mol. The van der Waals surface area contributed by atoms with E-state index >= 15 is 0 Å². The van der Waals surface area contributed by atoms with Crippen molar-refractivity contribution in [2.75, 3.05) is 6.61 Å². The zero-order valence-corrected chi connectivity index (χ0v) is 14.9. The summed E-state index contributed by atoms with van der Waals surface area (Å²) in [7, 11) is -3.71. The van der Waals surface area contributed by atoms with E-state index in [9.17, 15) is 14.3 Å². The highest BCUT2D eigenvalue weighted by Crippen LogP contribution is 2.64. The molecule has 0 aliphatic carbocycles. The number of hydrogen-bond donors (Lipinski definition) is 1. The molecule has 1 aliphatic rings. The van der Waals surface area contributed by atoms with E-state index < -0.39 is 24.8 Å². The van der Waals surface area contributed by atoms with Gasteiger partial charge >= 0.3 is 5.97 Å². The number of carbonyl (C=O) groups is 1. The number of ether oxygens (including phenoxy) is 2. The normalized spacial score (nSPS) is 25.8. The van der Waals surface area contributed by atoms with E-state index in [4.69, 9.17) is 9.47 Å². The molecule has 1 N–H and O–H groups in total. The lowest BCUT2D eigenvalue weighted by atomic mass is 10.0. The van der Waals surface area contributed by atoms with E-state index in [2.05, 4.69) is 6.58 Å². The molecule has 6 heteroatoms. The minimum Gasteiger partial charge on any atom is -0.434 e. The van der Waals surface area contributed by atoms with Crippen LogP contribution in [0.2, 0.25) is 0 Å². The van der Waals surface area contributed by atoms with Gasteiger partial charge in [0.2, 0.25) is 13.7 Å². The van der Waals surface area contributed by atoms with Gasteiger partial charge in [-0.3, -0.25) is 9.36 Å². The van der Waals surface area contributed by atoms with Crippen LogP contribution < -0.4 is 0 Å². The van der Waals surface area contributed by atoms with Crippen molar-refractivity contribution in [1.82, 2.24) is 0 Å². The summed E-state index contributed by atoms with van der Waals surface area (Å²) in [6.45, 7) is 5.88. The summed E-state index contributed by atoms with van der Waals surface area (Å²) in [4.78, 5) is 22.8. The zero-order chi connectivity index (χ0) is 17.6. The first-order valence-corrected chi connectivity index (χ1v) is 10.1. The number of carbonyl (C=O) groups excluding carboxylic acids is 1. The highest BCUT2D eigenvalue weighted by atomic mass is 31.2. The number of hydrogen-bond acceptors (Lipinski definition) is 4. The molecule has 1 aromatic rings. The largest absolute Gasteiger partial charge is 0.434 e. The van der Waals surface area contributed by atoms with Crippen molar-refractivity contribution in [3.63, 3.8) is 0 Å². The lowest BCUT2D eigenvalue weighted by molar-refractivity contribution is -0.174. The molecule has 1 heterocycles. The second kappa shape index (κ2) is 8.11. The number of esters is 1. The number of rotatable bonds is 8. The van der Waals surface area contributed by atoms with E-state index in [-0.39, 0.29) is 25.6 Å². The van der Waals surface area contributed by atoms with Crippen LogP contribution in [0.3, 0.4) is 0 Å². The molecule has 1 saturated heterocycles. The number of benzene rings is 1. The molecule has 1 aromatic carbocycles. The Morgan fingerprint density at radius 3 is 2.83 bits per heavy atom. The van der Waals surface area contributed by atoms with Gasteiger partial charge < -0.3 is 14.4 Å². The third-order valence-electron chi connectivity index (χ3n) is 4.37. The molecule has 24 heavy (non-hydrogen) atoms. The maximum atomic E-state index is 13.3. The van der Waals surface area contributed by atoms with E-state index in [1.807, 2.05) is 37.3 Å². The van der Waals surface area contributed by atoms with Gasteiger partial charge in [-0.25, -0.2) is 0 Å². The molecule has 132 valence electrons. The summed E-state index contributed by atoms with van der Waals surface area (Å²) in [6.07, 6.45) is 2.16. The Bertz CT molecular complexity index is 615. The van der Waals surface area contributed by atoms with Gasteiger partial charge in [0.1, 0.15) is 5.16 Å². The summed E-state index contributed by atoms with van der Waals surface area (Å²) in [5.41, 5.74) is 0.775. The molecule has 0 radical (unpaired) electrons. The number of allylic oxidation sites excluding steroid dienone is 1. The van der Waals surface area contributed by atoms with Crippen LogP contribution in [0, 0.1) is 0 Å². The van der Waals surface area contributed by atoms with Crippen molar-refractivity contribution < 1.29 is 23.7 Å². The lowest BCUT2D eigenvalue weighted by Crippen LogP contribution is -2.41. The Hall–Kier alpha value is -1.42. The standard InChI is InChI=1S/C18H25O5P/c1-3-8-16(19)23-17-18(11-4-2,12-13-22-17)24(20,21)14-15-9-6-5-7-10-15/h4-7,9-10,17H,2-3,8,11-14H2,1H3,(H,20,21). The van der Waals surface area contributed by atoms with Gasteiger partial charge in [0.05, 0.1) is 12.8 Å². The molecule has 0 saturated carbocycles. The van der Waals surface area contributed by atoms with Crippen molar-refractivity contribution in [3.8, 4) is 0 Å². The van der Waals surface area contributed by atoms with Crippen LogP contribution in [0.15, 0.2) is 43.0 Å². The third kappa shape index (κ3) is 3.97. The summed E-state index contributed by atoms with van der Waals surface area (Å²) < 4.78 is 24.2. The second-order valence-corrected chi connectivity index (χ2v) is 8.74. The van der Waals surface area contributed by atoms with Crippen LogP contribution >= 0.6 is 7.37 Å². The SMILES string of the molecule is C=CCC1(P(=O)(O)Cc2ccccc2)CCOC1OC(=O)CCC. The summed E-state index contributed by atoms with van der Waals surface area (Å²) in [5, 5.41) is -1.13. The maximum absolute atomic E-state index is 13.3. The molecule has 0 amide bonds. The van der Waals surface area contributed by atoms with Gasteiger partial charge in [-0.15, -0.1) is 6.58 Å². The smallest absolute Gasteiger partial charge is 0.308 e. The molecule has 0 bridgehead atoms. The Balaban J connectivity index is 2.28. The predicted octanol–water partition coefficient (Wildman–Crippen LogP) is 3.86. The van der Waals surface area contributed by atoms with Gasteiger partial charge in [-0.05, 0) is 24.8 Å². The van der Waals surface area contributed by atoms with Crippen LogP contribution in [0.5, 0.6) is 0 Å². The molecular formula is C18H25O5P. The van der Waals surface area contributed by atoms with Crippen molar-refractivity contribution in [1.29, 1.82) is 0 Å². The van der Waals surface area contributed by atoms with E-state index in [0.29, 0.717) is 12.8 Å². The topological polar surface area (TPSA) is 72.8 Å². The molecule has 5 nitrogen and oxygen atoms in total.